The maximum absolute atomic E-state index is 12.1. The molecule has 5 saturated heterocycles. The van der Waals surface area contributed by atoms with E-state index < -0.39 is 11.3 Å². The van der Waals surface area contributed by atoms with E-state index in [0.29, 0.717) is 66.1 Å². The van der Waals surface area contributed by atoms with Crippen molar-refractivity contribution in [1.29, 1.82) is 0 Å². The molecule has 10 N–H and O–H groups in total. The molecular weight excluding hydrogens is 574 g/mol. The van der Waals surface area contributed by atoms with Crippen molar-refractivity contribution in [2.75, 3.05) is 0 Å². The Labute approximate surface area is 265 Å². The van der Waals surface area contributed by atoms with E-state index in [1.807, 2.05) is 0 Å². The fourth-order valence-corrected chi connectivity index (χ4v) is 12.9. The van der Waals surface area contributed by atoms with Crippen molar-refractivity contribution in [2.24, 2.45) is 47.3 Å². The molecule has 4 saturated carbocycles. The van der Waals surface area contributed by atoms with E-state index in [0.717, 1.165) is 19.3 Å². The van der Waals surface area contributed by atoms with Crippen LogP contribution in [0.15, 0.2) is 0 Å². The molecule has 0 radical (unpaired) electrons. The lowest BCUT2D eigenvalue weighted by atomic mass is 9.75. The molecule has 4 aliphatic carbocycles. The van der Waals surface area contributed by atoms with Crippen molar-refractivity contribution in [3.8, 4) is 0 Å². The van der Waals surface area contributed by atoms with Gasteiger partial charge in [-0.25, -0.2) is 8.93 Å². The third-order valence-electron chi connectivity index (χ3n) is 14.1. The average molecular weight is 632 g/mol. The lowest BCUT2D eigenvalue weighted by Crippen LogP contribution is -2.62. The zero-order valence-corrected chi connectivity index (χ0v) is 27.0. The molecule has 9 fully saturated rings. The standard InChI is InChI=1S/C32H57N9O2S/c42-44(43)41-23-15-7-14-22-24(23)32-39-30-21-13-6-5-12-20(21)28(37-30)35-26-17-9-2-1-8-16(17)25(33-26)34-27-18-10-3-4-11-19(18)29(36-27)38-31(22)40-32/h16-41H,1-15H2,(H,42,43). The van der Waals surface area contributed by atoms with E-state index >= 15 is 0 Å². The summed E-state index contributed by atoms with van der Waals surface area (Å²) in [6, 6.07) is 0.0208. The highest BCUT2D eigenvalue weighted by Crippen LogP contribution is 2.45. The van der Waals surface area contributed by atoms with Gasteiger partial charge in [0.25, 0.3) is 0 Å². The Morgan fingerprint density at radius 2 is 0.705 bits per heavy atom. The maximum Gasteiger partial charge on any atom is 0.231 e. The van der Waals surface area contributed by atoms with E-state index in [9.17, 15) is 8.76 Å². The first-order chi connectivity index (χ1) is 21.6. The second-order valence-corrected chi connectivity index (χ2v) is 16.9. The minimum Gasteiger partial charge on any atom is -0.294 e. The third kappa shape index (κ3) is 5.27. The Hall–Kier alpha value is -0.250. The van der Waals surface area contributed by atoms with Crippen molar-refractivity contribution >= 4 is 11.3 Å². The molecule has 44 heavy (non-hydrogen) atoms. The summed E-state index contributed by atoms with van der Waals surface area (Å²) in [5.74, 6) is 4.54. The Morgan fingerprint density at radius 1 is 0.409 bits per heavy atom. The monoisotopic (exact) mass is 631 g/mol. The molecule has 0 spiro atoms. The van der Waals surface area contributed by atoms with E-state index in [2.05, 4.69) is 47.3 Å². The molecule has 9 aliphatic rings. The van der Waals surface area contributed by atoms with Crippen LogP contribution in [0.5, 0.6) is 0 Å². The van der Waals surface area contributed by atoms with Gasteiger partial charge < -0.3 is 0 Å². The lowest BCUT2D eigenvalue weighted by Gasteiger charge is -2.39. The molecule has 0 aromatic rings. The van der Waals surface area contributed by atoms with Crippen LogP contribution in [0.2, 0.25) is 0 Å². The van der Waals surface area contributed by atoms with Crippen LogP contribution in [-0.4, -0.2) is 64.1 Å². The zero-order valence-electron chi connectivity index (χ0n) is 26.2. The molecule has 9 rings (SSSR count). The lowest BCUT2D eigenvalue weighted by molar-refractivity contribution is 0.151. The second kappa shape index (κ2) is 12.3. The normalized spacial score (nSPS) is 55.9. The molecule has 11 nitrogen and oxygen atoms in total. The van der Waals surface area contributed by atoms with Crippen molar-refractivity contribution in [3.63, 3.8) is 0 Å². The summed E-state index contributed by atoms with van der Waals surface area (Å²) in [4.78, 5) is 0. The first-order valence-electron chi connectivity index (χ1n) is 18.6. The molecule has 0 aromatic carbocycles. The topological polar surface area (TPSA) is 146 Å². The highest BCUT2D eigenvalue weighted by atomic mass is 32.2. The Bertz CT molecular complexity index is 1070. The highest BCUT2D eigenvalue weighted by molar-refractivity contribution is 7.77. The summed E-state index contributed by atoms with van der Waals surface area (Å²) in [7, 11) is 0. The molecule has 5 heterocycles. The van der Waals surface area contributed by atoms with Gasteiger partial charge >= 0.3 is 0 Å². The SMILES string of the molecule is O=S(O)NC1CCCC2C3NC4NC(NC5NC(NC6NC(NC(N3)C12)C1CCCCC61)C1CCCCC51)C1CCCCC41. The molecule has 8 bridgehead atoms. The van der Waals surface area contributed by atoms with E-state index in [-0.39, 0.29) is 36.6 Å². The summed E-state index contributed by atoms with van der Waals surface area (Å²) in [6.07, 6.45) is 21.1. The first-order valence-corrected chi connectivity index (χ1v) is 19.7. The summed E-state index contributed by atoms with van der Waals surface area (Å²) in [6.45, 7) is 0. The quantitative estimate of drug-likeness (QED) is 0.203. The van der Waals surface area contributed by atoms with Crippen LogP contribution in [-0.2, 0) is 11.3 Å². The number of hydrogen-bond acceptors (Lipinski definition) is 9. The van der Waals surface area contributed by atoms with Crippen LogP contribution >= 0.6 is 0 Å². The summed E-state index contributed by atoms with van der Waals surface area (Å²) in [5.41, 5.74) is 0. The summed E-state index contributed by atoms with van der Waals surface area (Å²) >= 11 is -2.01. The van der Waals surface area contributed by atoms with Gasteiger partial charge in [-0.15, -0.1) is 0 Å². The number of hydrogen-bond donors (Lipinski definition) is 10. The van der Waals surface area contributed by atoms with Crippen molar-refractivity contribution in [3.05, 3.63) is 0 Å². The van der Waals surface area contributed by atoms with Gasteiger partial charge in [0.2, 0.25) is 11.3 Å². The molecule has 18 unspecified atom stereocenters. The van der Waals surface area contributed by atoms with Crippen molar-refractivity contribution in [1.82, 2.24) is 47.3 Å². The van der Waals surface area contributed by atoms with Gasteiger partial charge in [0.05, 0.1) is 49.3 Å². The van der Waals surface area contributed by atoms with Crippen LogP contribution in [0.1, 0.15) is 96.3 Å². The average Bonchev–Trinajstić information content (AvgIpc) is 3.77. The molecule has 18 atom stereocenters. The predicted molar refractivity (Wildman–Crippen MR) is 170 cm³/mol. The van der Waals surface area contributed by atoms with Crippen LogP contribution in [0.25, 0.3) is 0 Å². The zero-order chi connectivity index (χ0) is 29.4. The Morgan fingerprint density at radius 3 is 1.05 bits per heavy atom. The van der Waals surface area contributed by atoms with Gasteiger partial charge in [0.1, 0.15) is 0 Å². The number of rotatable bonds is 2. The summed E-state index contributed by atoms with van der Waals surface area (Å²) < 4.78 is 25.1. The molecule has 12 heteroatoms. The van der Waals surface area contributed by atoms with Crippen LogP contribution in [0, 0.1) is 47.3 Å². The van der Waals surface area contributed by atoms with E-state index in [1.54, 1.807) is 0 Å². The largest absolute Gasteiger partial charge is 0.294 e. The summed E-state index contributed by atoms with van der Waals surface area (Å²) in [5, 5.41) is 33.2. The maximum atomic E-state index is 12.1. The fraction of sp³-hybridized carbons (Fsp3) is 1.00. The van der Waals surface area contributed by atoms with Gasteiger partial charge in [0, 0.05) is 12.0 Å². The van der Waals surface area contributed by atoms with Crippen LogP contribution in [0.4, 0.5) is 0 Å². The molecule has 5 aliphatic heterocycles. The second-order valence-electron chi connectivity index (χ2n) is 16.1. The molecular formula is C32H57N9O2S. The highest BCUT2D eigenvalue weighted by Gasteiger charge is 2.55. The van der Waals surface area contributed by atoms with Crippen LogP contribution in [0.3, 0.4) is 0 Å². The van der Waals surface area contributed by atoms with E-state index in [1.165, 1.54) is 77.0 Å². The van der Waals surface area contributed by atoms with Gasteiger partial charge in [-0.3, -0.25) is 47.1 Å². The Kier molecular flexibility index (Phi) is 8.36. The predicted octanol–water partition coefficient (Wildman–Crippen LogP) is 1.31. The van der Waals surface area contributed by atoms with Gasteiger partial charge in [0.15, 0.2) is 0 Å². The minimum absolute atomic E-state index is 0.0208. The number of nitrogens with one attached hydrogen (secondary N) is 9. The molecule has 0 amide bonds. The smallest absolute Gasteiger partial charge is 0.231 e. The van der Waals surface area contributed by atoms with Crippen LogP contribution < -0.4 is 47.3 Å². The number of fused-ring (bicyclic) bond motifs is 20. The Balaban J connectivity index is 1.06. The van der Waals surface area contributed by atoms with Gasteiger partial charge in [-0.1, -0.05) is 44.9 Å². The van der Waals surface area contributed by atoms with Crippen molar-refractivity contribution in [2.45, 2.75) is 152 Å². The van der Waals surface area contributed by atoms with Gasteiger partial charge in [-0.2, -0.15) is 0 Å². The van der Waals surface area contributed by atoms with Gasteiger partial charge in [-0.05, 0) is 92.8 Å². The van der Waals surface area contributed by atoms with E-state index in [4.69, 9.17) is 0 Å². The fourth-order valence-electron chi connectivity index (χ4n) is 12.3. The minimum atomic E-state index is -2.01. The first kappa shape index (κ1) is 29.9. The third-order valence-corrected chi connectivity index (χ3v) is 14.6. The van der Waals surface area contributed by atoms with Crippen molar-refractivity contribution < 1.29 is 8.76 Å². The molecule has 0 aromatic heterocycles. The molecule has 248 valence electrons.